The fraction of sp³-hybridized carbons (Fsp3) is 0.526. The summed E-state index contributed by atoms with van der Waals surface area (Å²) in [6, 6.07) is 9.99. The van der Waals surface area contributed by atoms with Gasteiger partial charge in [-0.15, -0.1) is 0 Å². The second-order valence-corrected chi connectivity index (χ2v) is 5.64. The van der Waals surface area contributed by atoms with Gasteiger partial charge in [-0.05, 0) is 25.3 Å². The highest BCUT2D eigenvalue weighted by molar-refractivity contribution is 5.87. The van der Waals surface area contributed by atoms with Crippen LogP contribution in [0.2, 0.25) is 0 Å². The van der Waals surface area contributed by atoms with E-state index in [1.807, 2.05) is 30.3 Å². The van der Waals surface area contributed by atoms with Gasteiger partial charge >= 0.3 is 5.97 Å². The highest BCUT2D eigenvalue weighted by atomic mass is 16.5. The van der Waals surface area contributed by atoms with Crippen molar-refractivity contribution in [2.24, 2.45) is 0 Å². The standard InChI is InChI=1S/C19H28O2/c1-4-5-6-7-8-12-15-18(21-19(20)16(2)3)17-13-10-9-11-14-17/h9-11,13-14,18H,2,4-8,12,15H2,1,3H3. The minimum absolute atomic E-state index is 0.151. The number of hydrogen-bond acceptors (Lipinski definition) is 2. The number of unbranched alkanes of at least 4 members (excludes halogenated alkanes) is 5. The van der Waals surface area contributed by atoms with Crippen LogP contribution in [0.5, 0.6) is 0 Å². The van der Waals surface area contributed by atoms with E-state index in [0.717, 1.165) is 18.4 Å². The van der Waals surface area contributed by atoms with Crippen molar-refractivity contribution in [1.29, 1.82) is 0 Å². The summed E-state index contributed by atoms with van der Waals surface area (Å²) >= 11 is 0. The predicted molar refractivity (Wildman–Crippen MR) is 88.1 cm³/mol. The maximum atomic E-state index is 11.8. The lowest BCUT2D eigenvalue weighted by Gasteiger charge is -2.18. The molecule has 0 aliphatic heterocycles. The molecule has 0 aliphatic rings. The third-order valence-corrected chi connectivity index (χ3v) is 3.59. The quantitative estimate of drug-likeness (QED) is 0.318. The van der Waals surface area contributed by atoms with Gasteiger partial charge in [-0.25, -0.2) is 4.79 Å². The van der Waals surface area contributed by atoms with Gasteiger partial charge in [-0.1, -0.05) is 75.9 Å². The summed E-state index contributed by atoms with van der Waals surface area (Å²) in [6.07, 6.45) is 8.18. The average molecular weight is 288 g/mol. The van der Waals surface area contributed by atoms with Crippen molar-refractivity contribution in [3.8, 4) is 0 Å². The van der Waals surface area contributed by atoms with Gasteiger partial charge in [-0.3, -0.25) is 0 Å². The molecule has 0 saturated heterocycles. The molecule has 0 N–H and O–H groups in total. The van der Waals surface area contributed by atoms with E-state index in [0.29, 0.717) is 5.57 Å². The van der Waals surface area contributed by atoms with E-state index in [4.69, 9.17) is 4.74 Å². The van der Waals surface area contributed by atoms with Gasteiger partial charge in [0.2, 0.25) is 0 Å². The van der Waals surface area contributed by atoms with Crippen molar-refractivity contribution in [1.82, 2.24) is 0 Å². The van der Waals surface area contributed by atoms with Crippen molar-refractivity contribution in [2.45, 2.75) is 64.9 Å². The Balaban J connectivity index is 2.49. The van der Waals surface area contributed by atoms with Crippen LogP contribution in [0.4, 0.5) is 0 Å². The van der Waals surface area contributed by atoms with Gasteiger partial charge in [0.25, 0.3) is 0 Å². The fourth-order valence-corrected chi connectivity index (χ4v) is 2.30. The molecular weight excluding hydrogens is 260 g/mol. The zero-order valence-corrected chi connectivity index (χ0v) is 13.4. The first kappa shape index (κ1) is 17.5. The molecule has 0 saturated carbocycles. The molecule has 0 bridgehead atoms. The Morgan fingerprint density at radius 1 is 1.10 bits per heavy atom. The number of esters is 1. The Morgan fingerprint density at radius 3 is 2.33 bits per heavy atom. The van der Waals surface area contributed by atoms with Crippen molar-refractivity contribution in [3.05, 3.63) is 48.0 Å². The minimum Gasteiger partial charge on any atom is -0.454 e. The topological polar surface area (TPSA) is 26.3 Å². The Kier molecular flexibility index (Phi) is 8.49. The maximum absolute atomic E-state index is 11.8. The number of hydrogen-bond donors (Lipinski definition) is 0. The van der Waals surface area contributed by atoms with Crippen LogP contribution in [0.3, 0.4) is 0 Å². The maximum Gasteiger partial charge on any atom is 0.333 e. The summed E-state index contributed by atoms with van der Waals surface area (Å²) in [5.41, 5.74) is 1.53. The lowest BCUT2D eigenvalue weighted by Crippen LogP contribution is -2.12. The van der Waals surface area contributed by atoms with E-state index in [9.17, 15) is 4.79 Å². The molecule has 0 aliphatic carbocycles. The molecule has 1 aromatic carbocycles. The zero-order chi connectivity index (χ0) is 15.5. The molecule has 0 spiro atoms. The van der Waals surface area contributed by atoms with Crippen LogP contribution in [-0.4, -0.2) is 5.97 Å². The number of rotatable bonds is 10. The molecule has 116 valence electrons. The van der Waals surface area contributed by atoms with E-state index in [-0.39, 0.29) is 12.1 Å². The van der Waals surface area contributed by atoms with Gasteiger partial charge in [0.1, 0.15) is 6.10 Å². The molecule has 0 heterocycles. The molecule has 1 rings (SSSR count). The van der Waals surface area contributed by atoms with E-state index < -0.39 is 0 Å². The average Bonchev–Trinajstić information content (AvgIpc) is 2.50. The van der Waals surface area contributed by atoms with Crippen LogP contribution in [0.1, 0.15) is 70.5 Å². The number of carbonyl (C=O) groups excluding carboxylic acids is 1. The lowest BCUT2D eigenvalue weighted by atomic mass is 10.0. The second-order valence-electron chi connectivity index (χ2n) is 5.64. The van der Waals surface area contributed by atoms with Crippen LogP contribution < -0.4 is 0 Å². The van der Waals surface area contributed by atoms with Crippen LogP contribution in [0, 0.1) is 0 Å². The van der Waals surface area contributed by atoms with E-state index in [1.165, 1.54) is 32.1 Å². The number of carbonyl (C=O) groups is 1. The molecule has 1 atom stereocenters. The predicted octanol–water partition coefficient (Wildman–Crippen LogP) is 5.60. The van der Waals surface area contributed by atoms with Crippen molar-refractivity contribution in [3.63, 3.8) is 0 Å². The first-order valence-electron chi connectivity index (χ1n) is 8.06. The second kappa shape index (κ2) is 10.2. The molecule has 0 aromatic heterocycles. The SMILES string of the molecule is C=C(C)C(=O)OC(CCCCCCCC)c1ccccc1. The van der Waals surface area contributed by atoms with Gasteiger partial charge in [0.05, 0.1) is 0 Å². The fourth-order valence-electron chi connectivity index (χ4n) is 2.30. The summed E-state index contributed by atoms with van der Waals surface area (Å²) in [4.78, 5) is 11.8. The van der Waals surface area contributed by atoms with Crippen molar-refractivity contribution >= 4 is 5.97 Å². The first-order chi connectivity index (χ1) is 10.1. The van der Waals surface area contributed by atoms with Gasteiger partial charge in [0.15, 0.2) is 0 Å². The highest BCUT2D eigenvalue weighted by Gasteiger charge is 2.16. The Labute approximate surface area is 129 Å². The largest absolute Gasteiger partial charge is 0.454 e. The van der Waals surface area contributed by atoms with E-state index >= 15 is 0 Å². The molecule has 0 amide bonds. The van der Waals surface area contributed by atoms with Gasteiger partial charge < -0.3 is 4.74 Å². The van der Waals surface area contributed by atoms with E-state index in [2.05, 4.69) is 13.5 Å². The van der Waals surface area contributed by atoms with E-state index in [1.54, 1.807) is 6.92 Å². The van der Waals surface area contributed by atoms with Gasteiger partial charge in [0, 0.05) is 5.57 Å². The molecule has 21 heavy (non-hydrogen) atoms. The summed E-state index contributed by atoms with van der Waals surface area (Å²) < 4.78 is 5.59. The number of ether oxygens (including phenoxy) is 1. The summed E-state index contributed by atoms with van der Waals surface area (Å²) in [6.45, 7) is 7.57. The van der Waals surface area contributed by atoms with Gasteiger partial charge in [-0.2, -0.15) is 0 Å². The van der Waals surface area contributed by atoms with Crippen molar-refractivity contribution < 1.29 is 9.53 Å². The Hall–Kier alpha value is -1.57. The molecule has 1 unspecified atom stereocenters. The Morgan fingerprint density at radius 2 is 1.71 bits per heavy atom. The van der Waals surface area contributed by atoms with Crippen LogP contribution in [0.25, 0.3) is 0 Å². The monoisotopic (exact) mass is 288 g/mol. The molecule has 0 fully saturated rings. The molecule has 2 nitrogen and oxygen atoms in total. The van der Waals surface area contributed by atoms with Crippen LogP contribution in [0.15, 0.2) is 42.5 Å². The zero-order valence-electron chi connectivity index (χ0n) is 13.4. The molecule has 0 radical (unpaired) electrons. The summed E-state index contributed by atoms with van der Waals surface area (Å²) in [5.74, 6) is -0.296. The Bertz CT molecular complexity index is 422. The molecule has 2 heteroatoms. The van der Waals surface area contributed by atoms with Crippen LogP contribution >= 0.6 is 0 Å². The van der Waals surface area contributed by atoms with Crippen LogP contribution in [-0.2, 0) is 9.53 Å². The third-order valence-electron chi connectivity index (χ3n) is 3.59. The van der Waals surface area contributed by atoms with Crippen molar-refractivity contribution in [2.75, 3.05) is 0 Å². The lowest BCUT2D eigenvalue weighted by molar-refractivity contribution is -0.145. The smallest absolute Gasteiger partial charge is 0.333 e. The molecule has 1 aromatic rings. The normalized spacial score (nSPS) is 11.9. The first-order valence-corrected chi connectivity index (χ1v) is 8.06. The number of benzene rings is 1. The third kappa shape index (κ3) is 7.12. The highest BCUT2D eigenvalue weighted by Crippen LogP contribution is 2.25. The molecular formula is C19H28O2. The summed E-state index contributed by atoms with van der Waals surface area (Å²) in [7, 11) is 0. The minimum atomic E-state index is -0.296. The summed E-state index contributed by atoms with van der Waals surface area (Å²) in [5, 5.41) is 0.